The Morgan fingerprint density at radius 2 is 0.583 bits per heavy atom. The number of hydrogen-bond acceptors (Lipinski definition) is 2. The molecule has 2 heterocycles. The summed E-state index contributed by atoms with van der Waals surface area (Å²) in [5, 5.41) is 14.2. The molecule has 0 aliphatic carbocycles. The standard InChI is InChI=1S/C46H26O2/c1-7-29-9-3-17-39-43(29)35(11-1)37-15-5-13-33-31(23-25-41(47-39)45(33)37)27-19-21-28(22-20-27)32-24-26-42-46-34(32)14-6-16-38(46)36-12-2-8-30-10-4-18-40(48-42)44(30)36/h1-26H. The molecule has 222 valence electrons. The first-order valence-electron chi connectivity index (χ1n) is 16.4. The van der Waals surface area contributed by atoms with Crippen LogP contribution in [0.3, 0.4) is 0 Å². The van der Waals surface area contributed by atoms with Crippen molar-refractivity contribution < 1.29 is 8.83 Å². The molecule has 2 nitrogen and oxygen atoms in total. The number of benzene rings is 9. The molecule has 0 fully saturated rings. The van der Waals surface area contributed by atoms with Gasteiger partial charge in [0, 0.05) is 21.5 Å². The first-order valence-corrected chi connectivity index (χ1v) is 16.4. The summed E-state index contributed by atoms with van der Waals surface area (Å²) in [7, 11) is 0. The van der Waals surface area contributed by atoms with Crippen LogP contribution in [0.2, 0.25) is 0 Å². The van der Waals surface area contributed by atoms with Gasteiger partial charge < -0.3 is 8.83 Å². The summed E-state index contributed by atoms with van der Waals surface area (Å²) < 4.78 is 13.3. The van der Waals surface area contributed by atoms with Crippen molar-refractivity contribution in [3.05, 3.63) is 158 Å². The Kier molecular flexibility index (Phi) is 5.14. The molecule has 0 aliphatic rings. The van der Waals surface area contributed by atoms with E-state index in [4.69, 9.17) is 8.83 Å². The summed E-state index contributed by atoms with van der Waals surface area (Å²) in [5.41, 5.74) is 8.32. The fourth-order valence-electron chi connectivity index (χ4n) is 8.17. The summed E-state index contributed by atoms with van der Waals surface area (Å²) in [4.78, 5) is 0. The van der Waals surface area contributed by atoms with Gasteiger partial charge in [-0.15, -0.1) is 0 Å². The molecule has 48 heavy (non-hydrogen) atoms. The van der Waals surface area contributed by atoms with Crippen molar-refractivity contribution in [2.45, 2.75) is 0 Å². The van der Waals surface area contributed by atoms with Gasteiger partial charge in [-0.25, -0.2) is 0 Å². The van der Waals surface area contributed by atoms with E-state index in [1.165, 1.54) is 65.3 Å². The molecule has 0 atom stereocenters. The van der Waals surface area contributed by atoms with Crippen molar-refractivity contribution in [3.63, 3.8) is 0 Å². The summed E-state index contributed by atoms with van der Waals surface area (Å²) in [6, 6.07) is 56.5. The van der Waals surface area contributed by atoms with Crippen molar-refractivity contribution in [2.24, 2.45) is 0 Å². The van der Waals surface area contributed by atoms with Gasteiger partial charge in [0.1, 0.15) is 22.3 Å². The maximum Gasteiger partial charge on any atom is 0.135 e. The van der Waals surface area contributed by atoms with Gasteiger partial charge in [-0.3, -0.25) is 0 Å². The monoisotopic (exact) mass is 610 g/mol. The summed E-state index contributed by atoms with van der Waals surface area (Å²) in [5.74, 6) is 0. The highest BCUT2D eigenvalue weighted by Crippen LogP contribution is 2.42. The second kappa shape index (κ2) is 9.57. The largest absolute Gasteiger partial charge is 0.456 e. The third-order valence-corrected chi connectivity index (χ3v) is 10.3. The van der Waals surface area contributed by atoms with Crippen LogP contribution in [-0.4, -0.2) is 0 Å². The minimum atomic E-state index is 0.893. The van der Waals surface area contributed by atoms with E-state index in [1.54, 1.807) is 0 Å². The van der Waals surface area contributed by atoms with Crippen LogP contribution in [0.15, 0.2) is 167 Å². The predicted octanol–water partition coefficient (Wildman–Crippen LogP) is 13.4. The van der Waals surface area contributed by atoms with E-state index in [0.717, 1.165) is 43.9 Å². The van der Waals surface area contributed by atoms with E-state index in [-0.39, 0.29) is 0 Å². The maximum atomic E-state index is 6.63. The van der Waals surface area contributed by atoms with Crippen LogP contribution in [0.1, 0.15) is 0 Å². The molecule has 11 aromatic rings. The van der Waals surface area contributed by atoms with Crippen molar-refractivity contribution >= 4 is 87.0 Å². The minimum Gasteiger partial charge on any atom is -0.456 e. The highest BCUT2D eigenvalue weighted by molar-refractivity contribution is 6.26. The van der Waals surface area contributed by atoms with E-state index in [0.29, 0.717) is 0 Å². The molecule has 0 aliphatic heterocycles. The molecule has 0 spiro atoms. The molecule has 0 radical (unpaired) electrons. The van der Waals surface area contributed by atoms with Crippen LogP contribution in [0.4, 0.5) is 0 Å². The van der Waals surface area contributed by atoms with Gasteiger partial charge in [0.15, 0.2) is 0 Å². The molecule has 0 bridgehead atoms. The summed E-state index contributed by atoms with van der Waals surface area (Å²) in [6.07, 6.45) is 0. The van der Waals surface area contributed by atoms with Crippen molar-refractivity contribution in [2.75, 3.05) is 0 Å². The number of hydrogen-bond donors (Lipinski definition) is 0. The lowest BCUT2D eigenvalue weighted by molar-refractivity contribution is 0.664. The normalized spacial score (nSPS) is 12.2. The SMILES string of the molecule is c1cc2cccc3c4cccc5c(-c6ccc(-c7ccc8oc9cccc%10cccc(c%11cccc7c8%11)c%109)cc6)ccc(oc(c1)c23)c54. The average molecular weight is 611 g/mol. The summed E-state index contributed by atoms with van der Waals surface area (Å²) >= 11 is 0. The Hall–Kier alpha value is -6.38. The molecule has 0 saturated carbocycles. The van der Waals surface area contributed by atoms with Crippen molar-refractivity contribution in [3.8, 4) is 22.3 Å². The molecule has 2 heteroatoms. The van der Waals surface area contributed by atoms with Gasteiger partial charge in [0.25, 0.3) is 0 Å². The van der Waals surface area contributed by atoms with Crippen LogP contribution in [-0.2, 0) is 0 Å². The highest BCUT2D eigenvalue weighted by Gasteiger charge is 2.16. The first-order chi connectivity index (χ1) is 23.8. The highest BCUT2D eigenvalue weighted by atomic mass is 16.3. The zero-order chi connectivity index (χ0) is 31.3. The topological polar surface area (TPSA) is 26.3 Å². The van der Waals surface area contributed by atoms with Gasteiger partial charge in [-0.05, 0) is 89.6 Å². The van der Waals surface area contributed by atoms with Crippen LogP contribution in [0.5, 0.6) is 0 Å². The maximum absolute atomic E-state index is 6.63. The van der Waals surface area contributed by atoms with Gasteiger partial charge in [-0.1, -0.05) is 133 Å². The van der Waals surface area contributed by atoms with Crippen LogP contribution >= 0.6 is 0 Å². The Labute approximate surface area is 275 Å². The quantitative estimate of drug-likeness (QED) is 0.195. The van der Waals surface area contributed by atoms with Gasteiger partial charge >= 0.3 is 0 Å². The molecule has 0 saturated heterocycles. The molecular weight excluding hydrogens is 585 g/mol. The predicted molar refractivity (Wildman–Crippen MR) is 202 cm³/mol. The Morgan fingerprint density at radius 3 is 1.02 bits per heavy atom. The van der Waals surface area contributed by atoms with E-state index in [1.807, 2.05) is 0 Å². The second-order valence-corrected chi connectivity index (χ2v) is 12.8. The van der Waals surface area contributed by atoms with E-state index < -0.39 is 0 Å². The minimum absolute atomic E-state index is 0.893. The lowest BCUT2D eigenvalue weighted by Gasteiger charge is -2.12. The van der Waals surface area contributed by atoms with Crippen LogP contribution in [0, 0.1) is 0 Å². The van der Waals surface area contributed by atoms with E-state index >= 15 is 0 Å². The van der Waals surface area contributed by atoms with Crippen molar-refractivity contribution in [1.82, 2.24) is 0 Å². The number of rotatable bonds is 2. The molecule has 11 rings (SSSR count). The van der Waals surface area contributed by atoms with Gasteiger partial charge in [0.2, 0.25) is 0 Å². The molecule has 0 N–H and O–H groups in total. The molecular formula is C46H26O2. The van der Waals surface area contributed by atoms with E-state index in [9.17, 15) is 0 Å². The third-order valence-electron chi connectivity index (χ3n) is 10.3. The Morgan fingerprint density at radius 1 is 0.250 bits per heavy atom. The fourth-order valence-corrected chi connectivity index (χ4v) is 8.17. The molecule has 0 unspecified atom stereocenters. The lowest BCUT2D eigenvalue weighted by atomic mass is 9.92. The van der Waals surface area contributed by atoms with Gasteiger partial charge in [0.05, 0.1) is 0 Å². The number of fused-ring (bicyclic) bond motifs is 2. The van der Waals surface area contributed by atoms with Crippen LogP contribution < -0.4 is 0 Å². The zero-order valence-corrected chi connectivity index (χ0v) is 25.8. The Balaban J connectivity index is 1.11. The second-order valence-electron chi connectivity index (χ2n) is 12.8. The fraction of sp³-hybridized carbons (Fsp3) is 0. The Bertz CT molecular complexity index is 2880. The van der Waals surface area contributed by atoms with Crippen molar-refractivity contribution in [1.29, 1.82) is 0 Å². The third kappa shape index (κ3) is 3.52. The molecule has 2 aromatic heterocycles. The molecule has 0 amide bonds. The first kappa shape index (κ1) is 25.8. The smallest absolute Gasteiger partial charge is 0.135 e. The van der Waals surface area contributed by atoms with Gasteiger partial charge in [-0.2, -0.15) is 0 Å². The lowest BCUT2D eigenvalue weighted by Crippen LogP contribution is -1.86. The average Bonchev–Trinajstić information content (AvgIpc) is 3.37. The summed E-state index contributed by atoms with van der Waals surface area (Å²) in [6.45, 7) is 0. The van der Waals surface area contributed by atoms with Crippen LogP contribution in [0.25, 0.3) is 109 Å². The zero-order valence-electron chi connectivity index (χ0n) is 25.8. The van der Waals surface area contributed by atoms with E-state index in [2.05, 4.69) is 158 Å². The molecule has 9 aromatic carbocycles.